The van der Waals surface area contributed by atoms with Crippen molar-refractivity contribution in [1.82, 2.24) is 20.2 Å². The molecule has 5 fully saturated rings. The first-order valence-corrected chi connectivity index (χ1v) is 15.0. The third-order valence-electron chi connectivity index (χ3n) is 9.60. The van der Waals surface area contributed by atoms with Gasteiger partial charge in [-0.15, -0.1) is 0 Å². The molecule has 206 valence electrons. The van der Waals surface area contributed by atoms with Crippen LogP contribution in [0.3, 0.4) is 0 Å². The molecule has 0 spiro atoms. The van der Waals surface area contributed by atoms with E-state index in [9.17, 15) is 14.4 Å². The number of amides is 2. The number of imide groups is 1. The summed E-state index contributed by atoms with van der Waals surface area (Å²) in [6, 6.07) is 4.77. The Morgan fingerprint density at radius 1 is 1.03 bits per heavy atom. The van der Waals surface area contributed by atoms with Crippen molar-refractivity contribution in [3.63, 3.8) is 0 Å². The van der Waals surface area contributed by atoms with E-state index >= 15 is 0 Å². The highest BCUT2D eigenvalue weighted by Gasteiger charge is 2.50. The number of fused-ring (bicyclic) bond motifs is 1. The van der Waals surface area contributed by atoms with Crippen molar-refractivity contribution in [3.8, 4) is 11.8 Å². The molecule has 4 bridgehead atoms. The van der Waals surface area contributed by atoms with Crippen LogP contribution >= 0.6 is 0 Å². The van der Waals surface area contributed by atoms with Crippen LogP contribution < -0.4 is 16.2 Å². The molecule has 4 aliphatic carbocycles. The highest BCUT2D eigenvalue weighted by molar-refractivity contribution is 5.99. The Balaban J connectivity index is 0.987. The summed E-state index contributed by atoms with van der Waals surface area (Å²) >= 11 is 0. The highest BCUT2D eigenvalue weighted by atomic mass is 16.2. The van der Waals surface area contributed by atoms with Crippen LogP contribution in [0.25, 0.3) is 10.9 Å². The molecule has 1 aliphatic heterocycles. The zero-order valence-electron chi connectivity index (χ0n) is 23.1. The van der Waals surface area contributed by atoms with Crippen LogP contribution in [-0.2, 0) is 9.59 Å². The van der Waals surface area contributed by atoms with Crippen LogP contribution in [0.1, 0.15) is 101 Å². The van der Waals surface area contributed by atoms with Gasteiger partial charge in [-0.1, -0.05) is 24.7 Å². The average Bonchev–Trinajstić information content (AvgIpc) is 2.88. The summed E-state index contributed by atoms with van der Waals surface area (Å²) < 4.78 is 1.42. The van der Waals surface area contributed by atoms with E-state index in [4.69, 9.17) is 0 Å². The molecule has 1 atom stereocenters. The Bertz CT molecular complexity index is 1360. The third-order valence-corrected chi connectivity index (χ3v) is 9.60. The van der Waals surface area contributed by atoms with Gasteiger partial charge in [0.2, 0.25) is 11.8 Å². The maximum atomic E-state index is 13.3. The van der Waals surface area contributed by atoms with Crippen molar-refractivity contribution in [2.75, 3.05) is 6.54 Å². The van der Waals surface area contributed by atoms with Crippen LogP contribution in [0.5, 0.6) is 0 Å². The van der Waals surface area contributed by atoms with Crippen molar-refractivity contribution in [2.45, 2.75) is 102 Å². The van der Waals surface area contributed by atoms with Crippen LogP contribution in [0.2, 0.25) is 0 Å². The number of nitrogens with zero attached hydrogens (tertiary/aromatic N) is 2. The molecule has 2 amide bonds. The Morgan fingerprint density at radius 2 is 1.74 bits per heavy atom. The summed E-state index contributed by atoms with van der Waals surface area (Å²) in [5, 5.41) is 6.79. The molecule has 2 aromatic rings. The normalized spacial score (nSPS) is 29.4. The zero-order valence-corrected chi connectivity index (χ0v) is 23.1. The number of nitrogens with one attached hydrogen (secondary N) is 2. The lowest BCUT2D eigenvalue weighted by molar-refractivity contribution is -0.135. The molecular weight excluding hydrogens is 488 g/mol. The Hall–Kier alpha value is -2.98. The standard InChI is InChI=1S/C32H40N4O3/c1-21-34-27-10-9-22(17-26(27)31(39)36(21)28-11-12-29(37)35-30(28)38)8-6-4-2-3-5-7-13-33-32-18-23-14-24(19-32)16-25(15-23)20-32/h9-10,17,23-25,28,33H,2-5,7,11-16,18-20H2,1H3,(H,35,37,38). The van der Waals surface area contributed by atoms with Crippen molar-refractivity contribution in [3.05, 3.63) is 39.9 Å². The molecule has 5 aliphatic rings. The van der Waals surface area contributed by atoms with E-state index in [1.807, 2.05) is 12.1 Å². The van der Waals surface area contributed by atoms with E-state index < -0.39 is 11.9 Å². The minimum Gasteiger partial charge on any atom is -0.311 e. The number of piperidine rings is 1. The molecule has 7 heteroatoms. The lowest BCUT2D eigenvalue weighted by atomic mass is 9.53. The summed E-state index contributed by atoms with van der Waals surface area (Å²) in [5.41, 5.74) is 1.57. The Morgan fingerprint density at radius 3 is 2.46 bits per heavy atom. The summed E-state index contributed by atoms with van der Waals surface area (Å²) in [5.74, 6) is 9.18. The van der Waals surface area contributed by atoms with Crippen molar-refractivity contribution in [1.29, 1.82) is 0 Å². The molecule has 39 heavy (non-hydrogen) atoms. The van der Waals surface area contributed by atoms with Gasteiger partial charge in [0, 0.05) is 23.9 Å². The van der Waals surface area contributed by atoms with E-state index in [0.717, 1.165) is 42.7 Å². The van der Waals surface area contributed by atoms with E-state index in [0.29, 0.717) is 28.7 Å². The lowest BCUT2D eigenvalue weighted by Gasteiger charge is -2.57. The molecule has 7 nitrogen and oxygen atoms in total. The van der Waals surface area contributed by atoms with Crippen LogP contribution in [0.15, 0.2) is 23.0 Å². The van der Waals surface area contributed by atoms with Crippen LogP contribution in [0.4, 0.5) is 0 Å². The molecule has 7 rings (SSSR count). The fraction of sp³-hybridized carbons (Fsp3) is 0.625. The molecule has 2 N–H and O–H groups in total. The van der Waals surface area contributed by atoms with Crippen molar-refractivity contribution in [2.24, 2.45) is 17.8 Å². The fourth-order valence-electron chi connectivity index (χ4n) is 8.22. The Labute approximate surface area is 230 Å². The number of rotatable bonds is 8. The second-order valence-corrected chi connectivity index (χ2v) is 12.6. The number of carbonyl (C=O) groups is 2. The number of unbranched alkanes of at least 4 members (excludes halogenated alkanes) is 4. The first kappa shape index (κ1) is 26.3. The largest absolute Gasteiger partial charge is 0.311 e. The molecule has 2 heterocycles. The van der Waals surface area contributed by atoms with E-state index in [1.54, 1.807) is 13.0 Å². The van der Waals surface area contributed by atoms with Gasteiger partial charge in [0.1, 0.15) is 11.9 Å². The first-order valence-electron chi connectivity index (χ1n) is 15.0. The lowest BCUT2D eigenvalue weighted by Crippen LogP contribution is -2.58. The molecule has 1 aromatic carbocycles. The first-order chi connectivity index (χ1) is 18.9. The summed E-state index contributed by atoms with van der Waals surface area (Å²) in [4.78, 5) is 41.8. The quantitative estimate of drug-likeness (QED) is 0.298. The maximum Gasteiger partial charge on any atom is 0.262 e. The predicted octanol–water partition coefficient (Wildman–Crippen LogP) is 4.54. The van der Waals surface area contributed by atoms with E-state index in [-0.39, 0.29) is 17.9 Å². The maximum absolute atomic E-state index is 13.3. The Kier molecular flexibility index (Phi) is 7.33. The molecule has 4 saturated carbocycles. The molecule has 0 radical (unpaired) electrons. The van der Waals surface area contributed by atoms with Gasteiger partial charge in [0.15, 0.2) is 0 Å². The SMILES string of the molecule is Cc1nc2ccc(C#CCCCCCCNC34CC5CC(CC(C5)C3)C4)cc2c(=O)n1C1CCC(=O)NC1=O. The minimum atomic E-state index is -0.718. The van der Waals surface area contributed by atoms with Gasteiger partial charge in [-0.2, -0.15) is 0 Å². The third kappa shape index (κ3) is 5.54. The number of aryl methyl sites for hydroxylation is 1. The van der Waals surface area contributed by atoms with Crippen molar-refractivity contribution >= 4 is 22.7 Å². The summed E-state index contributed by atoms with van der Waals surface area (Å²) in [7, 11) is 0. The van der Waals surface area contributed by atoms with Crippen molar-refractivity contribution < 1.29 is 9.59 Å². The molecular formula is C32H40N4O3. The molecule has 1 aromatic heterocycles. The minimum absolute atomic E-state index is 0.213. The fourth-order valence-corrected chi connectivity index (χ4v) is 8.22. The second kappa shape index (κ2) is 10.9. The smallest absolute Gasteiger partial charge is 0.262 e. The number of benzene rings is 1. The van der Waals surface area contributed by atoms with Gasteiger partial charge in [0.05, 0.1) is 10.9 Å². The van der Waals surface area contributed by atoms with Gasteiger partial charge in [0.25, 0.3) is 5.56 Å². The van der Waals surface area contributed by atoms with Gasteiger partial charge in [-0.3, -0.25) is 24.3 Å². The molecule has 1 unspecified atom stereocenters. The number of aromatic nitrogens is 2. The molecule has 1 saturated heterocycles. The summed E-state index contributed by atoms with van der Waals surface area (Å²) in [6.45, 7) is 2.87. The topological polar surface area (TPSA) is 93.1 Å². The van der Waals surface area contributed by atoms with Gasteiger partial charge < -0.3 is 5.32 Å². The number of carbonyl (C=O) groups excluding carboxylic acids is 2. The zero-order chi connectivity index (χ0) is 27.0. The monoisotopic (exact) mass is 528 g/mol. The van der Waals surface area contributed by atoms with E-state index in [1.165, 1.54) is 62.4 Å². The second-order valence-electron chi connectivity index (χ2n) is 12.6. The number of hydrogen-bond donors (Lipinski definition) is 2. The van der Waals surface area contributed by atoms with Crippen LogP contribution in [-0.4, -0.2) is 33.4 Å². The highest BCUT2D eigenvalue weighted by Crippen LogP contribution is 2.55. The summed E-state index contributed by atoms with van der Waals surface area (Å²) in [6.07, 6.45) is 14.9. The van der Waals surface area contributed by atoms with Gasteiger partial charge in [-0.05, 0) is 107 Å². The van der Waals surface area contributed by atoms with E-state index in [2.05, 4.69) is 27.5 Å². The van der Waals surface area contributed by atoms with Crippen LogP contribution in [0, 0.1) is 36.5 Å². The van der Waals surface area contributed by atoms with Gasteiger partial charge in [-0.25, -0.2) is 4.98 Å². The predicted molar refractivity (Wildman–Crippen MR) is 151 cm³/mol. The van der Waals surface area contributed by atoms with Gasteiger partial charge >= 0.3 is 0 Å². The number of hydrogen-bond acceptors (Lipinski definition) is 5. The average molecular weight is 529 g/mol.